The van der Waals surface area contributed by atoms with Gasteiger partial charge in [-0.3, -0.25) is 14.6 Å². The number of rotatable bonds is 4. The van der Waals surface area contributed by atoms with Crippen molar-refractivity contribution in [1.29, 1.82) is 5.26 Å². The molecule has 2 aliphatic rings. The van der Waals surface area contributed by atoms with E-state index in [1.54, 1.807) is 13.1 Å². The summed E-state index contributed by atoms with van der Waals surface area (Å²) in [7, 11) is 3.07. The molecule has 0 N–H and O–H groups in total. The maximum absolute atomic E-state index is 12.8. The van der Waals surface area contributed by atoms with Crippen LogP contribution in [0.4, 0.5) is 4.79 Å². The first-order valence-electron chi connectivity index (χ1n) is 7.96. The van der Waals surface area contributed by atoms with Gasteiger partial charge >= 0.3 is 11.2 Å². The summed E-state index contributed by atoms with van der Waals surface area (Å²) in [5, 5.41) is 10.00. The molecule has 0 bridgehead atoms. The first-order valence-corrected chi connectivity index (χ1v) is 9.32. The Bertz CT molecular complexity index is 876. The van der Waals surface area contributed by atoms with Gasteiger partial charge in [0, 0.05) is 36.9 Å². The fourth-order valence-electron chi connectivity index (χ4n) is 2.85. The van der Waals surface area contributed by atoms with E-state index in [1.807, 2.05) is 22.8 Å². The molecule has 0 aromatic heterocycles. The van der Waals surface area contributed by atoms with Crippen molar-refractivity contribution in [3.05, 3.63) is 34.9 Å². The second-order valence-corrected chi connectivity index (χ2v) is 7.34. The van der Waals surface area contributed by atoms with Gasteiger partial charge in [-0.2, -0.15) is 5.26 Å². The van der Waals surface area contributed by atoms with Crippen molar-refractivity contribution in [1.82, 2.24) is 9.80 Å². The third-order valence-corrected chi connectivity index (χ3v) is 5.60. The molecule has 2 heterocycles. The average molecular weight is 391 g/mol. The number of carbonyl (C=O) groups excluding carboxylic acids is 2. The molecular formula is C17H17ClN5O2S+. The molecule has 1 saturated heterocycles. The van der Waals surface area contributed by atoms with Crippen molar-refractivity contribution in [3.63, 3.8) is 0 Å². The van der Waals surface area contributed by atoms with Gasteiger partial charge in [-0.05, 0) is 22.8 Å². The molecule has 1 unspecified atom stereocenters. The second kappa shape index (κ2) is 7.48. The number of amides is 3. The molecule has 0 spiro atoms. The number of nitriles is 1. The van der Waals surface area contributed by atoms with Gasteiger partial charge in [0.25, 0.3) is 17.8 Å². The van der Waals surface area contributed by atoms with Crippen LogP contribution < -0.4 is 0 Å². The number of likely N-dealkylation sites (N-methyl/N-ethyl adjacent to an activating group) is 2. The lowest BCUT2D eigenvalue weighted by atomic mass is 10.1. The van der Waals surface area contributed by atoms with E-state index in [0.717, 1.165) is 10.5 Å². The summed E-state index contributed by atoms with van der Waals surface area (Å²) in [5.41, 5.74) is 0.860. The van der Waals surface area contributed by atoms with Crippen molar-refractivity contribution in [2.75, 3.05) is 19.8 Å². The molecule has 1 fully saturated rings. The summed E-state index contributed by atoms with van der Waals surface area (Å²) in [6.45, 7) is 0.383. The molecule has 26 heavy (non-hydrogen) atoms. The lowest BCUT2D eigenvalue weighted by Crippen LogP contribution is -2.61. The minimum atomic E-state index is -0.677. The van der Waals surface area contributed by atoms with Gasteiger partial charge in [0.15, 0.2) is 0 Å². The van der Waals surface area contributed by atoms with Crippen LogP contribution in [0.5, 0.6) is 0 Å². The first-order chi connectivity index (χ1) is 12.5. The fourth-order valence-corrected chi connectivity index (χ4v) is 3.91. The predicted octanol–water partition coefficient (Wildman–Crippen LogP) is 2.16. The average Bonchev–Trinajstić information content (AvgIpc) is 2.99. The van der Waals surface area contributed by atoms with Crippen LogP contribution in [-0.4, -0.2) is 63.2 Å². The summed E-state index contributed by atoms with van der Waals surface area (Å²) in [4.78, 5) is 32.0. The van der Waals surface area contributed by atoms with E-state index < -0.39 is 12.1 Å². The van der Waals surface area contributed by atoms with Gasteiger partial charge in [-0.25, -0.2) is 9.37 Å². The van der Waals surface area contributed by atoms with Crippen LogP contribution >= 0.6 is 23.4 Å². The third kappa shape index (κ3) is 3.20. The third-order valence-electron chi connectivity index (χ3n) is 4.24. The van der Waals surface area contributed by atoms with Crippen LogP contribution in [0.15, 0.2) is 29.3 Å². The maximum Gasteiger partial charge on any atom is 0.358 e. The molecule has 1 aromatic carbocycles. The van der Waals surface area contributed by atoms with Gasteiger partial charge in [0.05, 0.1) is 6.07 Å². The Labute approximate surface area is 160 Å². The molecule has 3 amide bonds. The van der Waals surface area contributed by atoms with Crippen LogP contribution in [0.25, 0.3) is 0 Å². The summed E-state index contributed by atoms with van der Waals surface area (Å²) in [6.07, 6.45) is 0.367. The highest BCUT2D eigenvalue weighted by Crippen LogP contribution is 2.26. The number of hydrogen-bond acceptors (Lipinski definition) is 5. The van der Waals surface area contributed by atoms with Gasteiger partial charge in [0.2, 0.25) is 0 Å². The number of fused-ring (bicyclic) bond motifs is 1. The lowest BCUT2D eigenvalue weighted by molar-refractivity contribution is -0.548. The zero-order chi connectivity index (χ0) is 18.8. The summed E-state index contributed by atoms with van der Waals surface area (Å²) in [6, 6.07) is 8.42. The van der Waals surface area contributed by atoms with E-state index in [-0.39, 0.29) is 5.91 Å². The minimum Gasteiger partial charge on any atom is -0.269 e. The quantitative estimate of drug-likeness (QED) is 0.583. The standard InChI is InChI=1S/C17H17ClN5O2S/c1-21-14-13(15(24)22(2)17(21)25)23(16(20-14)26-9-5-8-19)10-11-6-3-4-7-12(11)18/h3-4,6-7,13H,5,9-10H2,1-2H3/q+1. The highest BCUT2D eigenvalue weighted by molar-refractivity contribution is 8.13. The van der Waals surface area contributed by atoms with Crippen molar-refractivity contribution in [2.24, 2.45) is 4.99 Å². The van der Waals surface area contributed by atoms with Crippen molar-refractivity contribution < 1.29 is 14.2 Å². The number of carbonyl (C=O) groups is 2. The number of aliphatic imine (C=N–C) groups is 1. The molecule has 1 aromatic rings. The molecule has 0 saturated carbocycles. The van der Waals surface area contributed by atoms with Crippen LogP contribution in [0, 0.1) is 11.3 Å². The monoisotopic (exact) mass is 390 g/mol. The smallest absolute Gasteiger partial charge is 0.269 e. The van der Waals surface area contributed by atoms with Crippen molar-refractivity contribution in [2.45, 2.75) is 19.0 Å². The summed E-state index contributed by atoms with van der Waals surface area (Å²) < 4.78 is 1.85. The summed E-state index contributed by atoms with van der Waals surface area (Å²) in [5.74, 6) is 0.634. The molecule has 134 valence electrons. The predicted molar refractivity (Wildman–Crippen MR) is 100 cm³/mol. The van der Waals surface area contributed by atoms with Crippen LogP contribution in [-0.2, 0) is 11.3 Å². The Hall–Kier alpha value is -2.37. The van der Waals surface area contributed by atoms with Crippen molar-refractivity contribution >= 4 is 46.3 Å². The molecule has 0 aliphatic carbocycles. The summed E-state index contributed by atoms with van der Waals surface area (Å²) >= 11 is 7.68. The Balaban J connectivity index is 2.00. The first kappa shape index (κ1) is 18.4. The Morgan fingerprint density at radius 1 is 1.31 bits per heavy atom. The lowest BCUT2D eigenvalue weighted by Gasteiger charge is -2.30. The second-order valence-electron chi connectivity index (χ2n) is 5.87. The van der Waals surface area contributed by atoms with Gasteiger partial charge in [-0.15, -0.1) is 0 Å². The fraction of sp³-hybridized carbons (Fsp3) is 0.353. The maximum atomic E-state index is 12.8. The van der Waals surface area contributed by atoms with Gasteiger partial charge in [-0.1, -0.05) is 29.8 Å². The SMILES string of the molecule is CN1C(=O)C2C(=NC(SCCC#N)=[N+]2Cc2ccccc2Cl)N(C)C1=O. The molecule has 1 atom stereocenters. The number of hydrogen-bond donors (Lipinski definition) is 0. The molecule has 7 nitrogen and oxygen atoms in total. The zero-order valence-electron chi connectivity index (χ0n) is 14.3. The van der Waals surface area contributed by atoms with Crippen molar-refractivity contribution in [3.8, 4) is 6.07 Å². The van der Waals surface area contributed by atoms with E-state index in [9.17, 15) is 9.59 Å². The van der Waals surface area contributed by atoms with E-state index in [4.69, 9.17) is 16.9 Å². The van der Waals surface area contributed by atoms with Gasteiger partial charge in [0.1, 0.15) is 6.54 Å². The largest absolute Gasteiger partial charge is 0.358 e. The molecule has 9 heteroatoms. The number of benzene rings is 1. The Morgan fingerprint density at radius 3 is 2.73 bits per heavy atom. The number of imide groups is 1. The number of halogens is 1. The van der Waals surface area contributed by atoms with Crippen LogP contribution in [0.3, 0.4) is 0 Å². The number of thioether (sulfide) groups is 1. The minimum absolute atomic E-state index is 0.324. The highest BCUT2D eigenvalue weighted by Gasteiger charge is 2.53. The van der Waals surface area contributed by atoms with E-state index in [1.165, 1.54) is 23.7 Å². The van der Waals surface area contributed by atoms with E-state index in [0.29, 0.717) is 34.7 Å². The number of nitrogens with zero attached hydrogens (tertiary/aromatic N) is 5. The normalized spacial score (nSPS) is 19.6. The molecule has 0 radical (unpaired) electrons. The Morgan fingerprint density at radius 2 is 2.04 bits per heavy atom. The van der Waals surface area contributed by atoms with E-state index >= 15 is 0 Å². The molecule has 3 rings (SSSR count). The zero-order valence-corrected chi connectivity index (χ0v) is 15.9. The molecule has 2 aliphatic heterocycles. The van der Waals surface area contributed by atoms with E-state index in [2.05, 4.69) is 11.1 Å². The Kier molecular flexibility index (Phi) is 5.30. The number of urea groups is 1. The topological polar surface area (TPSA) is 79.8 Å². The van der Waals surface area contributed by atoms with Crippen LogP contribution in [0.2, 0.25) is 5.02 Å². The number of amidine groups is 2. The molecular weight excluding hydrogens is 374 g/mol. The van der Waals surface area contributed by atoms with Gasteiger partial charge < -0.3 is 0 Å². The van der Waals surface area contributed by atoms with Crippen LogP contribution in [0.1, 0.15) is 12.0 Å². The highest BCUT2D eigenvalue weighted by atomic mass is 35.5.